The first kappa shape index (κ1) is 18.4. The fourth-order valence-corrected chi connectivity index (χ4v) is 2.56. The van der Waals surface area contributed by atoms with Gasteiger partial charge in [-0.15, -0.1) is 0 Å². The third-order valence-electron chi connectivity index (χ3n) is 3.79. The number of aryl methyl sites for hydroxylation is 1. The van der Waals surface area contributed by atoms with E-state index < -0.39 is 17.6 Å². The zero-order valence-corrected chi connectivity index (χ0v) is 14.3. The number of amides is 1. The number of hydrogen-bond acceptors (Lipinski definition) is 3. The van der Waals surface area contributed by atoms with E-state index in [1.165, 1.54) is 36.7 Å². The van der Waals surface area contributed by atoms with Crippen LogP contribution in [-0.2, 0) is 6.18 Å². The minimum absolute atomic E-state index is 0.143. The van der Waals surface area contributed by atoms with E-state index in [1.807, 2.05) is 31.2 Å². The first-order chi connectivity index (χ1) is 12.8. The summed E-state index contributed by atoms with van der Waals surface area (Å²) in [5, 5.41) is 5.42. The fraction of sp³-hybridized carbons (Fsp3) is 0.100. The number of anilines is 3. The summed E-state index contributed by atoms with van der Waals surface area (Å²) < 4.78 is 39.2. The molecule has 2 N–H and O–H groups in total. The number of pyridine rings is 1. The van der Waals surface area contributed by atoms with Gasteiger partial charge in [0.05, 0.1) is 28.7 Å². The van der Waals surface area contributed by atoms with E-state index >= 15 is 0 Å². The van der Waals surface area contributed by atoms with Crippen LogP contribution < -0.4 is 10.6 Å². The fourth-order valence-electron chi connectivity index (χ4n) is 2.56. The molecule has 1 amide bonds. The van der Waals surface area contributed by atoms with Crippen LogP contribution >= 0.6 is 0 Å². The molecule has 138 valence electrons. The Morgan fingerprint density at radius 3 is 2.48 bits per heavy atom. The maximum absolute atomic E-state index is 13.1. The lowest BCUT2D eigenvalue weighted by molar-refractivity contribution is -0.136. The molecule has 0 atom stereocenters. The monoisotopic (exact) mass is 371 g/mol. The summed E-state index contributed by atoms with van der Waals surface area (Å²) in [6.45, 7) is 1.95. The third-order valence-corrected chi connectivity index (χ3v) is 3.79. The lowest BCUT2D eigenvalue weighted by Crippen LogP contribution is -2.17. The quantitative estimate of drug-likeness (QED) is 0.645. The van der Waals surface area contributed by atoms with Crippen molar-refractivity contribution >= 4 is 23.0 Å². The highest BCUT2D eigenvalue weighted by molar-refractivity contribution is 6.05. The number of alkyl halides is 3. The number of aromatic nitrogens is 1. The van der Waals surface area contributed by atoms with Crippen molar-refractivity contribution in [2.24, 2.45) is 0 Å². The molecule has 2 aromatic carbocycles. The number of rotatable bonds is 4. The molecule has 1 aromatic heterocycles. The number of nitrogens with zero attached hydrogens (tertiary/aromatic N) is 1. The number of nitrogens with one attached hydrogen (secondary N) is 2. The van der Waals surface area contributed by atoms with Gasteiger partial charge in [-0.3, -0.25) is 9.78 Å². The Balaban J connectivity index is 1.81. The van der Waals surface area contributed by atoms with Gasteiger partial charge in [0.2, 0.25) is 0 Å². The summed E-state index contributed by atoms with van der Waals surface area (Å²) in [6.07, 6.45) is -1.73. The molecule has 3 rings (SSSR count). The molecule has 0 spiro atoms. The molecular weight excluding hydrogens is 355 g/mol. The van der Waals surface area contributed by atoms with Gasteiger partial charge in [-0.2, -0.15) is 13.2 Å². The molecule has 0 aliphatic rings. The van der Waals surface area contributed by atoms with Crippen molar-refractivity contribution in [1.29, 1.82) is 0 Å². The van der Waals surface area contributed by atoms with Gasteiger partial charge in [-0.1, -0.05) is 24.3 Å². The van der Waals surface area contributed by atoms with E-state index in [1.54, 1.807) is 0 Å². The van der Waals surface area contributed by atoms with Gasteiger partial charge in [0.15, 0.2) is 0 Å². The first-order valence-corrected chi connectivity index (χ1v) is 8.09. The van der Waals surface area contributed by atoms with Gasteiger partial charge in [0.1, 0.15) is 0 Å². The highest BCUT2D eigenvalue weighted by atomic mass is 19.4. The maximum Gasteiger partial charge on any atom is 0.418 e. The van der Waals surface area contributed by atoms with E-state index in [0.29, 0.717) is 5.69 Å². The second-order valence-electron chi connectivity index (χ2n) is 5.95. The minimum Gasteiger partial charge on any atom is -0.354 e. The van der Waals surface area contributed by atoms with Crippen molar-refractivity contribution in [1.82, 2.24) is 4.98 Å². The van der Waals surface area contributed by atoms with E-state index in [0.717, 1.165) is 17.3 Å². The summed E-state index contributed by atoms with van der Waals surface area (Å²) in [6, 6.07) is 14.0. The van der Waals surface area contributed by atoms with Crippen LogP contribution in [0.25, 0.3) is 0 Å². The number of halogens is 3. The van der Waals surface area contributed by atoms with Crippen molar-refractivity contribution in [2.75, 3.05) is 10.6 Å². The molecule has 0 fully saturated rings. The first-order valence-electron chi connectivity index (χ1n) is 8.09. The van der Waals surface area contributed by atoms with Gasteiger partial charge in [0, 0.05) is 11.9 Å². The Morgan fingerprint density at radius 1 is 0.963 bits per heavy atom. The Labute approximate surface area is 154 Å². The van der Waals surface area contributed by atoms with Gasteiger partial charge >= 0.3 is 6.18 Å². The molecule has 0 bridgehead atoms. The molecular formula is C20H16F3N3O. The SMILES string of the molecule is Cc1cccc(Nc2cncc(C(=O)Nc3ccccc3C(F)(F)F)c2)c1. The second-order valence-corrected chi connectivity index (χ2v) is 5.95. The van der Waals surface area contributed by atoms with Crippen LogP contribution in [0.1, 0.15) is 21.5 Å². The van der Waals surface area contributed by atoms with Crippen LogP contribution in [0.15, 0.2) is 67.0 Å². The number of carbonyl (C=O) groups is 1. The van der Waals surface area contributed by atoms with E-state index in [-0.39, 0.29) is 11.3 Å². The highest BCUT2D eigenvalue weighted by Gasteiger charge is 2.33. The Morgan fingerprint density at radius 2 is 1.74 bits per heavy atom. The molecule has 7 heteroatoms. The van der Waals surface area contributed by atoms with Gasteiger partial charge < -0.3 is 10.6 Å². The average molecular weight is 371 g/mol. The number of para-hydroxylation sites is 1. The number of carbonyl (C=O) groups excluding carboxylic acids is 1. The van der Waals surface area contributed by atoms with Crippen molar-refractivity contribution < 1.29 is 18.0 Å². The molecule has 0 aliphatic carbocycles. The summed E-state index contributed by atoms with van der Waals surface area (Å²) in [4.78, 5) is 16.4. The Bertz CT molecular complexity index is 970. The summed E-state index contributed by atoms with van der Waals surface area (Å²) >= 11 is 0. The van der Waals surface area contributed by atoms with Crippen molar-refractivity contribution in [3.63, 3.8) is 0 Å². The minimum atomic E-state index is -4.56. The second kappa shape index (κ2) is 7.49. The van der Waals surface area contributed by atoms with Crippen molar-refractivity contribution in [2.45, 2.75) is 13.1 Å². The Kier molecular flexibility index (Phi) is 5.12. The highest BCUT2D eigenvalue weighted by Crippen LogP contribution is 2.34. The molecule has 27 heavy (non-hydrogen) atoms. The summed E-state index contributed by atoms with van der Waals surface area (Å²) in [5.74, 6) is -0.674. The zero-order chi connectivity index (χ0) is 19.4. The van der Waals surface area contributed by atoms with Gasteiger partial charge in [-0.05, 0) is 42.8 Å². The average Bonchev–Trinajstić information content (AvgIpc) is 2.61. The van der Waals surface area contributed by atoms with Crippen molar-refractivity contribution in [3.8, 4) is 0 Å². The predicted molar refractivity (Wildman–Crippen MR) is 98.1 cm³/mol. The van der Waals surface area contributed by atoms with E-state index in [4.69, 9.17) is 0 Å². The lowest BCUT2D eigenvalue weighted by atomic mass is 10.1. The smallest absolute Gasteiger partial charge is 0.354 e. The standard InChI is InChI=1S/C20H16F3N3O/c1-13-5-4-6-15(9-13)25-16-10-14(11-24-12-16)19(27)26-18-8-3-2-7-17(18)20(21,22)23/h2-12,25H,1H3,(H,26,27). The van der Waals surface area contributed by atoms with Crippen molar-refractivity contribution in [3.05, 3.63) is 83.7 Å². The largest absolute Gasteiger partial charge is 0.418 e. The number of hydrogen-bond donors (Lipinski definition) is 2. The van der Waals surface area contributed by atoms with Crippen LogP contribution in [0, 0.1) is 6.92 Å². The maximum atomic E-state index is 13.1. The predicted octanol–water partition coefficient (Wildman–Crippen LogP) is 5.40. The lowest BCUT2D eigenvalue weighted by Gasteiger charge is -2.14. The van der Waals surface area contributed by atoms with Gasteiger partial charge in [0.25, 0.3) is 5.91 Å². The van der Waals surface area contributed by atoms with E-state index in [2.05, 4.69) is 15.6 Å². The van der Waals surface area contributed by atoms with Crippen LogP contribution in [0.2, 0.25) is 0 Å². The molecule has 0 saturated carbocycles. The topological polar surface area (TPSA) is 54.0 Å². The van der Waals surface area contributed by atoms with Gasteiger partial charge in [-0.25, -0.2) is 0 Å². The van der Waals surface area contributed by atoms with Crippen LogP contribution in [-0.4, -0.2) is 10.9 Å². The van der Waals surface area contributed by atoms with Crippen LogP contribution in [0.5, 0.6) is 0 Å². The van der Waals surface area contributed by atoms with Crippen LogP contribution in [0.3, 0.4) is 0 Å². The zero-order valence-electron chi connectivity index (χ0n) is 14.3. The summed E-state index contributed by atoms with van der Waals surface area (Å²) in [5.41, 5.74) is 1.37. The van der Waals surface area contributed by atoms with E-state index in [9.17, 15) is 18.0 Å². The summed E-state index contributed by atoms with van der Waals surface area (Å²) in [7, 11) is 0. The molecule has 0 unspecified atom stereocenters. The normalized spacial score (nSPS) is 11.1. The molecule has 0 saturated heterocycles. The molecule has 0 radical (unpaired) electrons. The Hall–Kier alpha value is -3.35. The van der Waals surface area contributed by atoms with Crippen LogP contribution in [0.4, 0.5) is 30.2 Å². The molecule has 1 heterocycles. The molecule has 4 nitrogen and oxygen atoms in total. The molecule has 3 aromatic rings. The number of benzene rings is 2. The molecule has 0 aliphatic heterocycles. The third kappa shape index (κ3) is 4.63.